The van der Waals surface area contributed by atoms with E-state index in [0.717, 1.165) is 20.6 Å². The molecule has 12 heteroatoms. The number of amides is 2. The molecule has 2 amide bonds. The molecule has 2 rings (SSSR count). The molecule has 2 aromatic carbocycles. The van der Waals surface area contributed by atoms with Gasteiger partial charge in [0.2, 0.25) is 21.8 Å². The highest BCUT2D eigenvalue weighted by molar-refractivity contribution is 9.10. The van der Waals surface area contributed by atoms with Gasteiger partial charge in [0.25, 0.3) is 0 Å². The van der Waals surface area contributed by atoms with Crippen LogP contribution in [0.5, 0.6) is 0 Å². The molecule has 0 fully saturated rings. The summed E-state index contributed by atoms with van der Waals surface area (Å²) in [6.45, 7) is 4.69. The molecule has 1 N–H and O–H groups in total. The van der Waals surface area contributed by atoms with Crippen LogP contribution >= 0.6 is 50.7 Å². The van der Waals surface area contributed by atoms with Crippen LogP contribution in [0.25, 0.3) is 0 Å². The zero-order valence-electron chi connectivity index (χ0n) is 19.0. The van der Waals surface area contributed by atoms with E-state index >= 15 is 0 Å². The van der Waals surface area contributed by atoms with Crippen LogP contribution in [0.15, 0.2) is 40.9 Å². The van der Waals surface area contributed by atoms with Crippen LogP contribution in [-0.4, -0.2) is 50.0 Å². The van der Waals surface area contributed by atoms with Crippen LogP contribution in [0, 0.1) is 0 Å². The first kappa shape index (κ1) is 28.7. The molecule has 0 radical (unpaired) electrons. The molecule has 1 atom stereocenters. The second-order valence-corrected chi connectivity index (χ2v) is 12.0. The lowest BCUT2D eigenvalue weighted by Gasteiger charge is -2.32. The Morgan fingerprint density at radius 2 is 1.65 bits per heavy atom. The fourth-order valence-corrected chi connectivity index (χ4v) is 5.11. The Morgan fingerprint density at radius 3 is 2.21 bits per heavy atom. The summed E-state index contributed by atoms with van der Waals surface area (Å²) in [4.78, 5) is 27.6. The number of nitrogens with zero attached hydrogens (tertiary/aromatic N) is 2. The summed E-state index contributed by atoms with van der Waals surface area (Å²) in [6.07, 6.45) is 0.951. The lowest BCUT2D eigenvalue weighted by atomic mass is 10.1. The van der Waals surface area contributed by atoms with Crippen molar-refractivity contribution in [2.75, 3.05) is 17.1 Å². The van der Waals surface area contributed by atoms with E-state index in [4.69, 9.17) is 34.8 Å². The number of carbonyl (C=O) groups is 2. The summed E-state index contributed by atoms with van der Waals surface area (Å²) in [7, 11) is -3.95. The van der Waals surface area contributed by atoms with Gasteiger partial charge in [-0.05, 0) is 50.6 Å². The van der Waals surface area contributed by atoms with Gasteiger partial charge in [-0.2, -0.15) is 0 Å². The fraction of sp³-hybridized carbons (Fsp3) is 0.364. The molecule has 0 heterocycles. The van der Waals surface area contributed by atoms with Gasteiger partial charge in [0.05, 0.1) is 27.0 Å². The minimum absolute atomic E-state index is 0.00797. The molecule has 0 aliphatic heterocycles. The predicted molar refractivity (Wildman–Crippen MR) is 141 cm³/mol. The molecule has 0 spiro atoms. The maximum Gasteiger partial charge on any atom is 0.244 e. The van der Waals surface area contributed by atoms with Crippen molar-refractivity contribution in [2.45, 2.75) is 39.4 Å². The van der Waals surface area contributed by atoms with E-state index in [9.17, 15) is 18.0 Å². The summed E-state index contributed by atoms with van der Waals surface area (Å²) < 4.78 is 26.9. The smallest absolute Gasteiger partial charge is 0.244 e. The van der Waals surface area contributed by atoms with Crippen molar-refractivity contribution in [2.24, 2.45) is 0 Å². The summed E-state index contributed by atoms with van der Waals surface area (Å²) in [6, 6.07) is 8.84. The van der Waals surface area contributed by atoms with Crippen LogP contribution in [0.3, 0.4) is 0 Å². The van der Waals surface area contributed by atoms with Crippen molar-refractivity contribution >= 4 is 78.3 Å². The van der Waals surface area contributed by atoms with Crippen molar-refractivity contribution in [1.82, 2.24) is 10.2 Å². The van der Waals surface area contributed by atoms with Crippen molar-refractivity contribution in [1.29, 1.82) is 0 Å². The molecule has 0 saturated heterocycles. The molecule has 2 aromatic rings. The van der Waals surface area contributed by atoms with E-state index in [1.165, 1.54) is 17.0 Å². The first-order valence-electron chi connectivity index (χ1n) is 10.2. The number of benzene rings is 2. The maximum absolute atomic E-state index is 13.5. The zero-order valence-corrected chi connectivity index (χ0v) is 23.7. The third kappa shape index (κ3) is 7.75. The molecule has 34 heavy (non-hydrogen) atoms. The van der Waals surface area contributed by atoms with Gasteiger partial charge in [-0.15, -0.1) is 0 Å². The van der Waals surface area contributed by atoms with Gasteiger partial charge >= 0.3 is 0 Å². The van der Waals surface area contributed by atoms with E-state index in [1.807, 2.05) is 32.0 Å². The topological polar surface area (TPSA) is 86.8 Å². The first-order chi connectivity index (χ1) is 15.7. The Hall–Kier alpha value is -1.52. The van der Waals surface area contributed by atoms with Gasteiger partial charge in [0.15, 0.2) is 0 Å². The number of hydrogen-bond acceptors (Lipinski definition) is 4. The third-order valence-corrected chi connectivity index (χ3v) is 7.42. The third-order valence-electron chi connectivity index (χ3n) is 4.78. The van der Waals surface area contributed by atoms with Crippen molar-refractivity contribution in [3.63, 3.8) is 0 Å². The summed E-state index contributed by atoms with van der Waals surface area (Å²) >= 11 is 21.7. The average molecular weight is 614 g/mol. The molecule has 7 nitrogen and oxygen atoms in total. The van der Waals surface area contributed by atoms with Crippen LogP contribution in [0.4, 0.5) is 5.69 Å². The first-order valence-corrected chi connectivity index (χ1v) is 13.9. The van der Waals surface area contributed by atoms with E-state index in [2.05, 4.69) is 21.2 Å². The van der Waals surface area contributed by atoms with Crippen molar-refractivity contribution < 1.29 is 18.0 Å². The zero-order chi connectivity index (χ0) is 25.8. The Kier molecular flexibility index (Phi) is 10.1. The molecule has 0 aromatic heterocycles. The minimum Gasteiger partial charge on any atom is -0.352 e. The number of carbonyl (C=O) groups excluding carboxylic acids is 2. The lowest BCUT2D eigenvalue weighted by molar-refractivity contribution is -0.139. The number of sulfonamides is 1. The molecular weight excluding hydrogens is 589 g/mol. The summed E-state index contributed by atoms with van der Waals surface area (Å²) in [5.74, 6) is -0.962. The number of halogens is 4. The minimum atomic E-state index is -3.95. The van der Waals surface area contributed by atoms with Crippen molar-refractivity contribution in [3.05, 3.63) is 61.5 Å². The van der Waals surface area contributed by atoms with E-state index < -0.39 is 28.5 Å². The highest BCUT2D eigenvalue weighted by Crippen LogP contribution is 2.35. The van der Waals surface area contributed by atoms with Crippen LogP contribution in [0.1, 0.15) is 26.3 Å². The number of anilines is 1. The van der Waals surface area contributed by atoms with Crippen LogP contribution < -0.4 is 9.62 Å². The van der Waals surface area contributed by atoms with E-state index in [1.54, 1.807) is 13.0 Å². The average Bonchev–Trinajstić information content (AvgIpc) is 2.71. The highest BCUT2D eigenvalue weighted by Gasteiger charge is 2.31. The monoisotopic (exact) mass is 611 g/mol. The summed E-state index contributed by atoms with van der Waals surface area (Å²) in [5.41, 5.74) is 0.763. The molecule has 186 valence electrons. The van der Waals surface area contributed by atoms with E-state index in [0.29, 0.717) is 0 Å². The molecule has 0 aliphatic carbocycles. The molecule has 0 bridgehead atoms. The largest absolute Gasteiger partial charge is 0.352 e. The highest BCUT2D eigenvalue weighted by atomic mass is 79.9. The number of nitrogens with one attached hydrogen (secondary N) is 1. The van der Waals surface area contributed by atoms with Gasteiger partial charge in [-0.3, -0.25) is 13.9 Å². The van der Waals surface area contributed by atoms with Gasteiger partial charge in [-0.1, -0.05) is 62.9 Å². The molecular formula is C22H25BrCl3N3O4S. The normalized spacial score (nSPS) is 12.4. The number of rotatable bonds is 9. The van der Waals surface area contributed by atoms with Crippen LogP contribution in [-0.2, 0) is 26.2 Å². The standard InChI is InChI=1S/C22H25BrCl3N3O4S/c1-13(2)27-22(31)14(3)28(11-15-6-5-7-16(23)8-15)21(30)12-29(34(4,32)33)20-10-18(25)17(24)9-19(20)26/h5-10,13-14H,11-12H2,1-4H3,(H,27,31)/t14-/m1/s1. The second-order valence-electron chi connectivity index (χ2n) is 7.98. The quantitative estimate of drug-likeness (QED) is 0.398. The Labute approximate surface area is 223 Å². The predicted octanol–water partition coefficient (Wildman–Crippen LogP) is 5.12. The van der Waals surface area contributed by atoms with Gasteiger partial charge in [-0.25, -0.2) is 8.42 Å². The van der Waals surface area contributed by atoms with Crippen LogP contribution in [0.2, 0.25) is 15.1 Å². The molecule has 0 unspecified atom stereocenters. The Balaban J connectivity index is 2.46. The van der Waals surface area contributed by atoms with Gasteiger partial charge < -0.3 is 10.2 Å². The Morgan fingerprint density at radius 1 is 1.03 bits per heavy atom. The van der Waals surface area contributed by atoms with Crippen molar-refractivity contribution in [3.8, 4) is 0 Å². The fourth-order valence-electron chi connectivity index (χ4n) is 3.12. The lowest BCUT2D eigenvalue weighted by Crippen LogP contribution is -2.52. The maximum atomic E-state index is 13.5. The molecule has 0 aliphatic rings. The molecule has 0 saturated carbocycles. The Bertz CT molecular complexity index is 1180. The van der Waals surface area contributed by atoms with E-state index in [-0.39, 0.29) is 39.2 Å². The SMILES string of the molecule is CC(C)NC(=O)[C@@H](C)N(Cc1cccc(Br)c1)C(=O)CN(c1cc(Cl)c(Cl)cc1Cl)S(C)(=O)=O. The second kappa shape index (κ2) is 11.9. The number of hydrogen-bond donors (Lipinski definition) is 1. The van der Waals surface area contributed by atoms with Gasteiger partial charge in [0, 0.05) is 17.1 Å². The van der Waals surface area contributed by atoms with Gasteiger partial charge in [0.1, 0.15) is 12.6 Å². The summed E-state index contributed by atoms with van der Waals surface area (Å²) in [5, 5.41) is 3.02.